The van der Waals surface area contributed by atoms with Crippen LogP contribution in [0.1, 0.15) is 12.7 Å². The summed E-state index contributed by atoms with van der Waals surface area (Å²) in [4.78, 5) is 15.2. The number of carbonyl (C=O) groups is 1. The minimum Gasteiger partial charge on any atom is -0.467 e. The zero-order valence-electron chi connectivity index (χ0n) is 9.84. The Morgan fingerprint density at radius 3 is 2.94 bits per heavy atom. The topological polar surface area (TPSA) is 130 Å². The second kappa shape index (κ2) is 6.70. The minimum absolute atomic E-state index is 0.101. The first kappa shape index (κ1) is 14.1. The van der Waals surface area contributed by atoms with Gasteiger partial charge in [0.05, 0.1) is 18.1 Å². The highest BCUT2D eigenvalue weighted by Gasteiger charge is 2.15. The van der Waals surface area contributed by atoms with E-state index in [9.17, 15) is 4.79 Å². The number of carbonyl (C=O) groups excluding carboxylic acids is 1. The predicted octanol–water partition coefficient (Wildman–Crippen LogP) is 0.226. The molecule has 1 aromatic heterocycles. The highest BCUT2D eigenvalue weighted by atomic mass is 32.2. The third-order valence-electron chi connectivity index (χ3n) is 1.91. The van der Waals surface area contributed by atoms with Gasteiger partial charge in [-0.2, -0.15) is 4.99 Å². The fraction of sp³-hybridized carbons (Fsp3) is 0.300. The van der Waals surface area contributed by atoms with Gasteiger partial charge in [-0.1, -0.05) is 11.8 Å². The SMILES string of the molecule is CC(SC(=N)N=C(N)N)C(=O)NCc1ccco1. The number of hydrogen-bond acceptors (Lipinski definition) is 4. The third kappa shape index (κ3) is 4.91. The van der Waals surface area contributed by atoms with E-state index >= 15 is 0 Å². The molecule has 98 valence electrons. The monoisotopic (exact) mass is 269 g/mol. The smallest absolute Gasteiger partial charge is 0.233 e. The van der Waals surface area contributed by atoms with Crippen LogP contribution in [0.3, 0.4) is 0 Å². The number of amidine groups is 1. The van der Waals surface area contributed by atoms with Gasteiger partial charge in [0.1, 0.15) is 5.76 Å². The number of furan rings is 1. The van der Waals surface area contributed by atoms with E-state index in [4.69, 9.17) is 21.3 Å². The van der Waals surface area contributed by atoms with Gasteiger partial charge >= 0.3 is 0 Å². The van der Waals surface area contributed by atoms with E-state index in [0.29, 0.717) is 12.3 Å². The van der Waals surface area contributed by atoms with Gasteiger partial charge in [-0.05, 0) is 19.1 Å². The van der Waals surface area contributed by atoms with Crippen LogP contribution in [0.4, 0.5) is 0 Å². The molecule has 6 N–H and O–H groups in total. The molecule has 0 aliphatic heterocycles. The summed E-state index contributed by atoms with van der Waals surface area (Å²) in [5.41, 5.74) is 10.3. The second-order valence-electron chi connectivity index (χ2n) is 3.40. The largest absolute Gasteiger partial charge is 0.467 e. The van der Waals surface area contributed by atoms with Gasteiger partial charge in [-0.15, -0.1) is 0 Å². The van der Waals surface area contributed by atoms with Crippen molar-refractivity contribution in [3.8, 4) is 0 Å². The Labute approximate surface area is 109 Å². The quantitative estimate of drug-likeness (QED) is 0.459. The van der Waals surface area contributed by atoms with E-state index in [2.05, 4.69) is 10.3 Å². The molecule has 7 nitrogen and oxygen atoms in total. The van der Waals surface area contributed by atoms with Crippen molar-refractivity contribution in [1.29, 1.82) is 5.41 Å². The number of rotatable bonds is 4. The van der Waals surface area contributed by atoms with Crippen LogP contribution in [0, 0.1) is 5.41 Å². The molecule has 1 rings (SSSR count). The molecule has 0 saturated heterocycles. The average Bonchev–Trinajstić information content (AvgIpc) is 2.77. The van der Waals surface area contributed by atoms with Crippen LogP contribution in [0.15, 0.2) is 27.8 Å². The van der Waals surface area contributed by atoms with Gasteiger partial charge in [0, 0.05) is 0 Å². The molecule has 1 amide bonds. The van der Waals surface area contributed by atoms with Gasteiger partial charge in [0.25, 0.3) is 0 Å². The van der Waals surface area contributed by atoms with Crippen LogP contribution < -0.4 is 16.8 Å². The molecule has 0 radical (unpaired) electrons. The summed E-state index contributed by atoms with van der Waals surface area (Å²) in [7, 11) is 0. The van der Waals surface area contributed by atoms with Crippen molar-refractivity contribution in [3.05, 3.63) is 24.2 Å². The lowest BCUT2D eigenvalue weighted by Gasteiger charge is -2.09. The number of guanidine groups is 1. The molecule has 0 bridgehead atoms. The summed E-state index contributed by atoms with van der Waals surface area (Å²) in [6.45, 7) is 1.98. The second-order valence-corrected chi connectivity index (χ2v) is 4.73. The molecule has 1 unspecified atom stereocenters. The third-order valence-corrected chi connectivity index (χ3v) is 2.79. The van der Waals surface area contributed by atoms with Crippen LogP contribution in [-0.4, -0.2) is 22.3 Å². The van der Waals surface area contributed by atoms with Crippen LogP contribution in [0.5, 0.6) is 0 Å². The Morgan fingerprint density at radius 2 is 2.39 bits per heavy atom. The van der Waals surface area contributed by atoms with Crippen LogP contribution in [0.25, 0.3) is 0 Å². The molecule has 0 aliphatic carbocycles. The maximum atomic E-state index is 11.7. The number of thioether (sulfide) groups is 1. The van der Waals surface area contributed by atoms with Crippen molar-refractivity contribution >= 4 is 28.8 Å². The van der Waals surface area contributed by atoms with Crippen LogP contribution >= 0.6 is 11.8 Å². The molecule has 0 fully saturated rings. The zero-order chi connectivity index (χ0) is 13.5. The standard InChI is InChI=1S/C10H15N5O2S/c1-6(18-10(13)15-9(11)12)8(16)14-5-7-3-2-4-17-7/h2-4,6H,5H2,1H3,(H,14,16)(H5,11,12,13,15). The average molecular weight is 269 g/mol. The molecule has 1 aromatic rings. The van der Waals surface area contributed by atoms with Crippen molar-refractivity contribution < 1.29 is 9.21 Å². The highest BCUT2D eigenvalue weighted by Crippen LogP contribution is 2.12. The first-order valence-corrected chi connectivity index (χ1v) is 6.02. The number of nitrogens with zero attached hydrogens (tertiary/aromatic N) is 1. The molecule has 1 heterocycles. The molecule has 0 saturated carbocycles. The van der Waals surface area contributed by atoms with Gasteiger partial charge in [-0.3, -0.25) is 10.2 Å². The Morgan fingerprint density at radius 1 is 1.67 bits per heavy atom. The lowest BCUT2D eigenvalue weighted by atomic mass is 10.4. The van der Waals surface area contributed by atoms with Gasteiger partial charge < -0.3 is 21.2 Å². The fourth-order valence-corrected chi connectivity index (χ4v) is 1.78. The number of nitrogens with one attached hydrogen (secondary N) is 2. The van der Waals surface area contributed by atoms with Crippen molar-refractivity contribution in [2.75, 3.05) is 0 Å². The Hall–Kier alpha value is -1.96. The molecule has 1 atom stereocenters. The van der Waals surface area contributed by atoms with Crippen molar-refractivity contribution in [1.82, 2.24) is 5.32 Å². The molecular formula is C10H15N5O2S. The normalized spacial score (nSPS) is 11.6. The summed E-state index contributed by atoms with van der Waals surface area (Å²) in [6.07, 6.45) is 1.54. The van der Waals surface area contributed by atoms with Crippen molar-refractivity contribution in [2.24, 2.45) is 16.5 Å². The number of hydrogen-bond donors (Lipinski definition) is 4. The van der Waals surface area contributed by atoms with E-state index in [1.54, 1.807) is 19.1 Å². The number of nitrogens with two attached hydrogens (primary N) is 2. The number of aliphatic imine (C=N–C) groups is 1. The molecular weight excluding hydrogens is 254 g/mol. The van der Waals surface area contributed by atoms with E-state index < -0.39 is 5.25 Å². The summed E-state index contributed by atoms with van der Waals surface area (Å²) < 4.78 is 5.08. The molecule has 0 spiro atoms. The van der Waals surface area contributed by atoms with Crippen LogP contribution in [-0.2, 0) is 11.3 Å². The summed E-state index contributed by atoms with van der Waals surface area (Å²) in [6, 6.07) is 3.51. The molecule has 8 heteroatoms. The summed E-state index contributed by atoms with van der Waals surface area (Å²) >= 11 is 0.966. The fourth-order valence-electron chi connectivity index (χ4n) is 1.10. The first-order valence-electron chi connectivity index (χ1n) is 5.14. The Balaban J connectivity index is 2.37. The van der Waals surface area contributed by atoms with Gasteiger partial charge in [-0.25, -0.2) is 0 Å². The van der Waals surface area contributed by atoms with Crippen molar-refractivity contribution in [2.45, 2.75) is 18.7 Å². The number of amides is 1. The Bertz CT molecular complexity index is 439. The maximum absolute atomic E-state index is 11.7. The summed E-state index contributed by atoms with van der Waals surface area (Å²) in [5.74, 6) is 0.252. The maximum Gasteiger partial charge on any atom is 0.233 e. The molecule has 0 aromatic carbocycles. The Kier molecular flexibility index (Phi) is 5.25. The van der Waals surface area contributed by atoms with E-state index in [-0.39, 0.29) is 17.0 Å². The molecule has 0 aliphatic rings. The zero-order valence-corrected chi connectivity index (χ0v) is 10.7. The van der Waals surface area contributed by atoms with Gasteiger partial charge in [0.2, 0.25) is 5.91 Å². The van der Waals surface area contributed by atoms with Crippen LogP contribution in [0.2, 0.25) is 0 Å². The molecule has 18 heavy (non-hydrogen) atoms. The predicted molar refractivity (Wildman–Crippen MR) is 71.1 cm³/mol. The van der Waals surface area contributed by atoms with E-state index in [1.165, 1.54) is 6.26 Å². The van der Waals surface area contributed by atoms with E-state index in [0.717, 1.165) is 11.8 Å². The van der Waals surface area contributed by atoms with Crippen molar-refractivity contribution in [3.63, 3.8) is 0 Å². The van der Waals surface area contributed by atoms with Gasteiger partial charge in [0.15, 0.2) is 11.1 Å². The minimum atomic E-state index is -0.462. The first-order chi connectivity index (χ1) is 8.49. The highest BCUT2D eigenvalue weighted by molar-refractivity contribution is 8.14. The summed E-state index contributed by atoms with van der Waals surface area (Å²) in [5, 5.41) is 9.55. The van der Waals surface area contributed by atoms with E-state index in [1.807, 2.05) is 0 Å². The lowest BCUT2D eigenvalue weighted by molar-refractivity contribution is -0.120. The lowest BCUT2D eigenvalue weighted by Crippen LogP contribution is -2.31.